The molecule has 2 rings (SSSR count). The summed E-state index contributed by atoms with van der Waals surface area (Å²) in [5, 5.41) is 3.59. The zero-order chi connectivity index (χ0) is 9.80. The summed E-state index contributed by atoms with van der Waals surface area (Å²) in [6.45, 7) is 5.36. The van der Waals surface area contributed by atoms with E-state index in [4.69, 9.17) is 4.74 Å². The van der Waals surface area contributed by atoms with Crippen LogP contribution in [0.5, 0.6) is 0 Å². The van der Waals surface area contributed by atoms with Gasteiger partial charge in [0.05, 0.1) is 6.61 Å². The number of hydrogen-bond donors (Lipinski definition) is 1. The molecule has 0 aliphatic heterocycles. The first-order valence-corrected chi connectivity index (χ1v) is 6.15. The molecule has 2 fully saturated rings. The van der Waals surface area contributed by atoms with E-state index in [1.54, 1.807) is 0 Å². The molecule has 1 unspecified atom stereocenters. The van der Waals surface area contributed by atoms with Crippen LogP contribution in [-0.4, -0.2) is 25.8 Å². The van der Waals surface area contributed by atoms with Gasteiger partial charge in [-0.05, 0) is 37.5 Å². The fourth-order valence-corrected chi connectivity index (χ4v) is 1.76. The Bertz CT molecular complexity index is 164. The maximum Gasteiger partial charge on any atom is 0.0503 e. The Hall–Kier alpha value is -0.0800. The van der Waals surface area contributed by atoms with Crippen molar-refractivity contribution in [1.29, 1.82) is 0 Å². The van der Waals surface area contributed by atoms with Crippen molar-refractivity contribution in [2.24, 2.45) is 11.8 Å². The van der Waals surface area contributed by atoms with Gasteiger partial charge in [0.15, 0.2) is 0 Å². The number of nitrogens with one attached hydrogen (secondary N) is 1. The zero-order valence-corrected chi connectivity index (χ0v) is 9.30. The average molecular weight is 197 g/mol. The van der Waals surface area contributed by atoms with Crippen LogP contribution in [0.4, 0.5) is 0 Å². The van der Waals surface area contributed by atoms with Crippen molar-refractivity contribution in [3.8, 4) is 0 Å². The molecule has 0 radical (unpaired) electrons. The molecule has 1 N–H and O–H groups in total. The predicted octanol–water partition coefficient (Wildman–Crippen LogP) is 2.19. The van der Waals surface area contributed by atoms with Crippen molar-refractivity contribution >= 4 is 0 Å². The second-order valence-electron chi connectivity index (χ2n) is 5.12. The van der Waals surface area contributed by atoms with E-state index in [0.29, 0.717) is 5.92 Å². The van der Waals surface area contributed by atoms with Gasteiger partial charge in [0, 0.05) is 19.2 Å². The number of ether oxygens (including phenoxy) is 1. The fourth-order valence-electron chi connectivity index (χ4n) is 1.76. The molecule has 2 saturated carbocycles. The van der Waals surface area contributed by atoms with Crippen LogP contribution >= 0.6 is 0 Å². The molecule has 0 bridgehead atoms. The molecule has 0 aromatic rings. The summed E-state index contributed by atoms with van der Waals surface area (Å²) in [5.74, 6) is 1.58. The molecular formula is C12H23NO. The van der Waals surface area contributed by atoms with Crippen LogP contribution in [-0.2, 0) is 4.74 Å². The van der Waals surface area contributed by atoms with Crippen LogP contribution < -0.4 is 5.32 Å². The van der Waals surface area contributed by atoms with Gasteiger partial charge >= 0.3 is 0 Å². The molecule has 0 saturated heterocycles. The van der Waals surface area contributed by atoms with Crippen molar-refractivity contribution < 1.29 is 4.74 Å². The highest BCUT2D eigenvalue weighted by atomic mass is 16.5. The second kappa shape index (κ2) is 5.13. The molecule has 2 nitrogen and oxygen atoms in total. The summed E-state index contributed by atoms with van der Waals surface area (Å²) in [7, 11) is 0. The van der Waals surface area contributed by atoms with E-state index >= 15 is 0 Å². The topological polar surface area (TPSA) is 21.3 Å². The molecule has 2 aliphatic carbocycles. The van der Waals surface area contributed by atoms with Gasteiger partial charge in [-0.15, -0.1) is 0 Å². The third-order valence-corrected chi connectivity index (χ3v) is 3.31. The maximum absolute atomic E-state index is 5.66. The Kier molecular flexibility index (Phi) is 3.82. The van der Waals surface area contributed by atoms with Crippen LogP contribution in [0, 0.1) is 11.8 Å². The lowest BCUT2D eigenvalue weighted by Gasteiger charge is -2.28. The lowest BCUT2D eigenvalue weighted by molar-refractivity contribution is 0.0938. The third kappa shape index (κ3) is 3.58. The van der Waals surface area contributed by atoms with Gasteiger partial charge < -0.3 is 10.1 Å². The monoisotopic (exact) mass is 197 g/mol. The predicted molar refractivity (Wildman–Crippen MR) is 58.3 cm³/mol. The molecular weight excluding hydrogens is 174 g/mol. The molecule has 1 atom stereocenters. The Morgan fingerprint density at radius 3 is 2.64 bits per heavy atom. The lowest BCUT2D eigenvalue weighted by atomic mass is 9.93. The standard InChI is InChI=1S/C12H23NO/c1-10(7-13-12-3-2-4-12)8-14-9-11-5-6-11/h10-13H,2-9H2,1H3. The largest absolute Gasteiger partial charge is 0.381 e. The second-order valence-corrected chi connectivity index (χ2v) is 5.12. The molecule has 0 spiro atoms. The van der Waals surface area contributed by atoms with Crippen LogP contribution in [0.15, 0.2) is 0 Å². The van der Waals surface area contributed by atoms with E-state index in [1.165, 1.54) is 32.1 Å². The first-order chi connectivity index (χ1) is 6.84. The molecule has 0 heterocycles. The molecule has 14 heavy (non-hydrogen) atoms. The van der Waals surface area contributed by atoms with E-state index in [2.05, 4.69) is 12.2 Å². The molecule has 0 aromatic carbocycles. The highest BCUT2D eigenvalue weighted by Gasteiger charge is 2.21. The van der Waals surface area contributed by atoms with Gasteiger partial charge in [0.25, 0.3) is 0 Å². The van der Waals surface area contributed by atoms with Gasteiger partial charge in [-0.3, -0.25) is 0 Å². The Morgan fingerprint density at radius 1 is 1.29 bits per heavy atom. The lowest BCUT2D eigenvalue weighted by Crippen LogP contribution is -2.38. The van der Waals surface area contributed by atoms with Gasteiger partial charge in [0.1, 0.15) is 0 Å². The highest BCUT2D eigenvalue weighted by molar-refractivity contribution is 4.77. The van der Waals surface area contributed by atoms with Crippen molar-refractivity contribution in [3.63, 3.8) is 0 Å². The zero-order valence-electron chi connectivity index (χ0n) is 9.30. The van der Waals surface area contributed by atoms with E-state index in [1.807, 2.05) is 0 Å². The summed E-state index contributed by atoms with van der Waals surface area (Å²) < 4.78 is 5.66. The first-order valence-electron chi connectivity index (χ1n) is 6.15. The molecule has 82 valence electrons. The van der Waals surface area contributed by atoms with Gasteiger partial charge in [0.2, 0.25) is 0 Å². The van der Waals surface area contributed by atoms with Crippen molar-refractivity contribution in [1.82, 2.24) is 5.32 Å². The van der Waals surface area contributed by atoms with E-state index < -0.39 is 0 Å². The number of rotatable bonds is 7. The minimum Gasteiger partial charge on any atom is -0.381 e. The average Bonchev–Trinajstić information content (AvgIpc) is 2.85. The van der Waals surface area contributed by atoms with Crippen LogP contribution in [0.3, 0.4) is 0 Å². The summed E-state index contributed by atoms with van der Waals surface area (Å²) in [6.07, 6.45) is 6.99. The highest BCUT2D eigenvalue weighted by Crippen LogP contribution is 2.28. The van der Waals surface area contributed by atoms with Crippen LogP contribution in [0.2, 0.25) is 0 Å². The van der Waals surface area contributed by atoms with Gasteiger partial charge in [-0.25, -0.2) is 0 Å². The summed E-state index contributed by atoms with van der Waals surface area (Å²) in [6, 6.07) is 0.820. The Morgan fingerprint density at radius 2 is 2.07 bits per heavy atom. The van der Waals surface area contributed by atoms with Gasteiger partial charge in [-0.2, -0.15) is 0 Å². The van der Waals surface area contributed by atoms with E-state index in [9.17, 15) is 0 Å². The first kappa shape index (κ1) is 10.4. The summed E-state index contributed by atoms with van der Waals surface area (Å²) in [4.78, 5) is 0. The molecule has 0 amide bonds. The molecule has 2 aliphatic rings. The minimum absolute atomic E-state index is 0.675. The Labute approximate surface area is 87.4 Å². The molecule has 2 heteroatoms. The Balaban J connectivity index is 1.42. The summed E-state index contributed by atoms with van der Waals surface area (Å²) >= 11 is 0. The molecule has 0 aromatic heterocycles. The van der Waals surface area contributed by atoms with Crippen molar-refractivity contribution in [2.75, 3.05) is 19.8 Å². The van der Waals surface area contributed by atoms with E-state index in [0.717, 1.165) is 31.7 Å². The van der Waals surface area contributed by atoms with Crippen molar-refractivity contribution in [2.45, 2.75) is 45.1 Å². The smallest absolute Gasteiger partial charge is 0.0503 e. The fraction of sp³-hybridized carbons (Fsp3) is 1.00. The minimum atomic E-state index is 0.675. The van der Waals surface area contributed by atoms with Gasteiger partial charge in [-0.1, -0.05) is 13.3 Å². The van der Waals surface area contributed by atoms with Crippen LogP contribution in [0.1, 0.15) is 39.0 Å². The van der Waals surface area contributed by atoms with Crippen LogP contribution in [0.25, 0.3) is 0 Å². The van der Waals surface area contributed by atoms with Crippen molar-refractivity contribution in [3.05, 3.63) is 0 Å². The SMILES string of the molecule is CC(CNC1CCC1)COCC1CC1. The number of hydrogen-bond acceptors (Lipinski definition) is 2. The van der Waals surface area contributed by atoms with E-state index in [-0.39, 0.29) is 0 Å². The summed E-state index contributed by atoms with van der Waals surface area (Å²) in [5.41, 5.74) is 0. The maximum atomic E-state index is 5.66. The third-order valence-electron chi connectivity index (χ3n) is 3.31. The normalized spacial score (nSPS) is 24.6. The quantitative estimate of drug-likeness (QED) is 0.675.